The van der Waals surface area contributed by atoms with Crippen LogP contribution in [0.2, 0.25) is 0 Å². The van der Waals surface area contributed by atoms with E-state index < -0.39 is 0 Å². The van der Waals surface area contributed by atoms with Gasteiger partial charge >= 0.3 is 0 Å². The molecule has 2 nitrogen and oxygen atoms in total. The monoisotopic (exact) mass is 700 g/mol. The smallest absolute Gasteiger partial charge is 0.0640 e. The highest BCUT2D eigenvalue weighted by atomic mass is 32.1. The van der Waals surface area contributed by atoms with Crippen molar-refractivity contribution < 1.29 is 0 Å². The number of hydrogen-bond donors (Lipinski definition) is 0. The SMILES string of the molecule is c1ccc(-c2ccc(N(c3ccc4c(c3)sc3ccccc34)c3cccc4c3sc3cccc(N(c5ccccc5)c5ccccc5)c34)cc2)cc1. The van der Waals surface area contributed by atoms with Crippen molar-refractivity contribution in [2.45, 2.75) is 0 Å². The van der Waals surface area contributed by atoms with Crippen LogP contribution < -0.4 is 9.80 Å². The van der Waals surface area contributed by atoms with Gasteiger partial charge in [0.1, 0.15) is 0 Å². The Hall–Kier alpha value is -6.20. The molecule has 10 aromatic rings. The Morgan fingerprint density at radius 1 is 0.308 bits per heavy atom. The summed E-state index contributed by atoms with van der Waals surface area (Å²) in [4.78, 5) is 4.83. The lowest BCUT2D eigenvalue weighted by Gasteiger charge is -2.27. The van der Waals surface area contributed by atoms with Gasteiger partial charge in [0.05, 0.1) is 16.1 Å². The van der Waals surface area contributed by atoms with E-state index in [-0.39, 0.29) is 0 Å². The van der Waals surface area contributed by atoms with E-state index in [2.05, 4.69) is 204 Å². The topological polar surface area (TPSA) is 6.48 Å². The van der Waals surface area contributed by atoms with Crippen LogP contribution >= 0.6 is 22.7 Å². The van der Waals surface area contributed by atoms with E-state index in [9.17, 15) is 0 Å². The molecular formula is C48H32N2S2. The van der Waals surface area contributed by atoms with Gasteiger partial charge in [0, 0.05) is 58.4 Å². The maximum Gasteiger partial charge on any atom is 0.0640 e. The van der Waals surface area contributed by atoms with Crippen LogP contribution in [0.15, 0.2) is 194 Å². The number of rotatable bonds is 7. The van der Waals surface area contributed by atoms with Crippen LogP contribution in [0.4, 0.5) is 34.1 Å². The molecule has 0 spiro atoms. The summed E-state index contributed by atoms with van der Waals surface area (Å²) < 4.78 is 5.12. The van der Waals surface area contributed by atoms with E-state index in [1.807, 2.05) is 22.7 Å². The highest BCUT2D eigenvalue weighted by Gasteiger charge is 2.22. The minimum atomic E-state index is 1.13. The van der Waals surface area contributed by atoms with Crippen molar-refractivity contribution in [1.82, 2.24) is 0 Å². The average Bonchev–Trinajstić information content (AvgIpc) is 3.79. The number of nitrogens with zero attached hydrogens (tertiary/aromatic N) is 2. The Bertz CT molecular complexity index is 2800. The molecule has 2 aromatic heterocycles. The zero-order chi connectivity index (χ0) is 34.4. The lowest BCUT2D eigenvalue weighted by molar-refractivity contribution is 1.30. The first-order valence-electron chi connectivity index (χ1n) is 17.5. The molecule has 0 amide bonds. The normalized spacial score (nSPS) is 11.5. The van der Waals surface area contributed by atoms with Crippen LogP contribution in [0.5, 0.6) is 0 Å². The fourth-order valence-electron chi connectivity index (χ4n) is 7.47. The molecular weight excluding hydrogens is 669 g/mol. The predicted octanol–water partition coefficient (Wildman–Crippen LogP) is 15.0. The van der Waals surface area contributed by atoms with E-state index in [4.69, 9.17) is 0 Å². The van der Waals surface area contributed by atoms with Crippen LogP contribution in [-0.2, 0) is 0 Å². The van der Waals surface area contributed by atoms with Crippen molar-refractivity contribution >= 4 is 97.1 Å². The Labute approximate surface area is 310 Å². The molecule has 4 heteroatoms. The molecule has 0 aliphatic carbocycles. The Morgan fingerprint density at radius 3 is 1.58 bits per heavy atom. The summed E-state index contributed by atoms with van der Waals surface area (Å²) >= 11 is 3.73. The van der Waals surface area contributed by atoms with Crippen molar-refractivity contribution in [3.63, 3.8) is 0 Å². The zero-order valence-electron chi connectivity index (χ0n) is 28.2. The third kappa shape index (κ3) is 5.24. The van der Waals surface area contributed by atoms with Gasteiger partial charge in [0.15, 0.2) is 0 Å². The molecule has 2 heterocycles. The van der Waals surface area contributed by atoms with Crippen LogP contribution in [0.25, 0.3) is 51.5 Å². The van der Waals surface area contributed by atoms with Crippen molar-refractivity contribution in [3.8, 4) is 11.1 Å². The van der Waals surface area contributed by atoms with Gasteiger partial charge in [-0.3, -0.25) is 0 Å². The Kier molecular flexibility index (Phi) is 7.56. The first-order chi connectivity index (χ1) is 25.8. The molecule has 246 valence electrons. The average molecular weight is 701 g/mol. The van der Waals surface area contributed by atoms with E-state index in [1.165, 1.54) is 62.8 Å². The van der Waals surface area contributed by atoms with Gasteiger partial charge < -0.3 is 9.80 Å². The molecule has 0 N–H and O–H groups in total. The highest BCUT2D eigenvalue weighted by Crippen LogP contribution is 2.50. The molecule has 10 rings (SSSR count). The summed E-state index contributed by atoms with van der Waals surface area (Å²) in [5, 5.41) is 5.12. The number of anilines is 6. The van der Waals surface area contributed by atoms with Crippen LogP contribution in [0.3, 0.4) is 0 Å². The summed E-state index contributed by atoms with van der Waals surface area (Å²) in [5.41, 5.74) is 9.30. The molecule has 0 aliphatic rings. The summed E-state index contributed by atoms with van der Waals surface area (Å²) in [7, 11) is 0. The van der Waals surface area contributed by atoms with Crippen molar-refractivity contribution in [1.29, 1.82) is 0 Å². The second-order valence-electron chi connectivity index (χ2n) is 12.9. The van der Waals surface area contributed by atoms with Crippen LogP contribution in [-0.4, -0.2) is 0 Å². The first kappa shape index (κ1) is 30.6. The molecule has 52 heavy (non-hydrogen) atoms. The lowest BCUT2D eigenvalue weighted by atomic mass is 10.0. The molecule has 0 radical (unpaired) electrons. The van der Waals surface area contributed by atoms with Crippen molar-refractivity contribution in [3.05, 3.63) is 194 Å². The Morgan fingerprint density at radius 2 is 0.827 bits per heavy atom. The predicted molar refractivity (Wildman–Crippen MR) is 227 cm³/mol. The third-order valence-electron chi connectivity index (χ3n) is 9.84. The molecule has 0 fully saturated rings. The van der Waals surface area contributed by atoms with Crippen molar-refractivity contribution in [2.75, 3.05) is 9.80 Å². The number of thiophene rings is 2. The first-order valence-corrected chi connectivity index (χ1v) is 19.1. The fraction of sp³-hybridized carbons (Fsp3) is 0. The molecule has 0 saturated heterocycles. The van der Waals surface area contributed by atoms with Crippen LogP contribution in [0, 0.1) is 0 Å². The molecule has 0 atom stereocenters. The minimum absolute atomic E-state index is 1.13. The number of hydrogen-bond acceptors (Lipinski definition) is 4. The molecule has 0 unspecified atom stereocenters. The second kappa shape index (κ2) is 12.8. The molecule has 8 aromatic carbocycles. The van der Waals surface area contributed by atoms with Gasteiger partial charge in [-0.2, -0.15) is 0 Å². The maximum absolute atomic E-state index is 2.45. The van der Waals surface area contributed by atoms with Gasteiger partial charge in [-0.05, 0) is 83.9 Å². The van der Waals surface area contributed by atoms with E-state index in [0.717, 1.165) is 22.7 Å². The second-order valence-corrected chi connectivity index (χ2v) is 15.1. The highest BCUT2D eigenvalue weighted by molar-refractivity contribution is 7.26. The molecule has 0 aliphatic heterocycles. The summed E-state index contributed by atoms with van der Waals surface area (Å²) in [6.45, 7) is 0. The fourth-order valence-corrected chi connectivity index (χ4v) is 9.84. The van der Waals surface area contributed by atoms with Gasteiger partial charge in [0.25, 0.3) is 0 Å². The maximum atomic E-state index is 2.45. The van der Waals surface area contributed by atoms with Crippen LogP contribution in [0.1, 0.15) is 0 Å². The van der Waals surface area contributed by atoms with E-state index in [1.54, 1.807) is 0 Å². The van der Waals surface area contributed by atoms with E-state index >= 15 is 0 Å². The summed E-state index contributed by atoms with van der Waals surface area (Å²) in [6, 6.07) is 70.2. The number of fused-ring (bicyclic) bond motifs is 6. The summed E-state index contributed by atoms with van der Waals surface area (Å²) in [6.07, 6.45) is 0. The lowest BCUT2D eigenvalue weighted by Crippen LogP contribution is -2.10. The largest absolute Gasteiger partial charge is 0.310 e. The Balaban J connectivity index is 1.19. The van der Waals surface area contributed by atoms with Gasteiger partial charge in [0.2, 0.25) is 0 Å². The third-order valence-corrected chi connectivity index (χ3v) is 12.2. The standard InChI is InChI=1S/C48H32N2S2/c1-4-14-33(15-5-1)34-26-28-37(29-27-34)50(38-30-31-40-39-20-10-11-24-44(39)51-46(40)32-38)43-23-12-21-41-47-42(22-13-25-45(47)52-48(41)43)49(35-16-6-2-7-17-35)36-18-8-3-9-19-36/h1-32H. The quantitative estimate of drug-likeness (QED) is 0.163. The van der Waals surface area contributed by atoms with Gasteiger partial charge in [-0.15, -0.1) is 22.7 Å². The minimum Gasteiger partial charge on any atom is -0.310 e. The summed E-state index contributed by atoms with van der Waals surface area (Å²) in [5.74, 6) is 0. The van der Waals surface area contributed by atoms with Gasteiger partial charge in [-0.1, -0.05) is 121 Å². The van der Waals surface area contributed by atoms with E-state index in [0.29, 0.717) is 0 Å². The number of benzene rings is 8. The molecule has 0 bridgehead atoms. The van der Waals surface area contributed by atoms with Gasteiger partial charge in [-0.25, -0.2) is 0 Å². The molecule has 0 saturated carbocycles. The zero-order valence-corrected chi connectivity index (χ0v) is 29.8. The number of para-hydroxylation sites is 2. The van der Waals surface area contributed by atoms with Crippen molar-refractivity contribution in [2.24, 2.45) is 0 Å².